The lowest BCUT2D eigenvalue weighted by Crippen LogP contribution is -2.02. The highest BCUT2D eigenvalue weighted by Crippen LogP contribution is 2.30. The third kappa shape index (κ3) is 2.78. The van der Waals surface area contributed by atoms with E-state index in [1.54, 1.807) is 0 Å². The van der Waals surface area contributed by atoms with E-state index in [9.17, 15) is 8.78 Å². The van der Waals surface area contributed by atoms with Gasteiger partial charge in [0.25, 0.3) is 0 Å². The molecule has 94 valence electrons. The highest BCUT2D eigenvalue weighted by Gasteiger charge is 2.16. The molecule has 0 radical (unpaired) electrons. The second-order valence-electron chi connectivity index (χ2n) is 4.23. The molecule has 2 rings (SSSR count). The van der Waals surface area contributed by atoms with Gasteiger partial charge in [0.05, 0.1) is 0 Å². The fourth-order valence-electron chi connectivity index (χ4n) is 1.95. The fourth-order valence-corrected chi connectivity index (χ4v) is 2.79. The van der Waals surface area contributed by atoms with Crippen LogP contribution in [0.3, 0.4) is 0 Å². The summed E-state index contributed by atoms with van der Waals surface area (Å²) in [6, 6.07) is 11.8. The summed E-state index contributed by atoms with van der Waals surface area (Å²) in [6.45, 7) is 1.99. The monoisotopic (exact) mass is 310 g/mol. The molecule has 0 bridgehead atoms. The van der Waals surface area contributed by atoms with Gasteiger partial charge in [-0.2, -0.15) is 0 Å². The maximum atomic E-state index is 13.6. The van der Waals surface area contributed by atoms with E-state index in [1.165, 1.54) is 18.2 Å². The average molecular weight is 311 g/mol. The molecule has 1 atom stereocenters. The maximum absolute atomic E-state index is 13.6. The normalized spacial score (nSPS) is 12.4. The summed E-state index contributed by atoms with van der Waals surface area (Å²) in [5, 5.41) is 0. The Morgan fingerprint density at radius 1 is 1.00 bits per heavy atom. The molecule has 0 N–H and O–H groups in total. The molecule has 0 amide bonds. The Hall–Kier alpha value is -1.22. The minimum Gasteiger partial charge on any atom is -0.207 e. The van der Waals surface area contributed by atoms with Gasteiger partial charge in [-0.3, -0.25) is 0 Å². The predicted molar refractivity (Wildman–Crippen MR) is 72.9 cm³/mol. The van der Waals surface area contributed by atoms with Gasteiger partial charge in [0.2, 0.25) is 0 Å². The summed E-state index contributed by atoms with van der Waals surface area (Å²) < 4.78 is 27.1. The molecule has 0 saturated heterocycles. The van der Waals surface area contributed by atoms with Crippen molar-refractivity contribution in [2.24, 2.45) is 0 Å². The summed E-state index contributed by atoms with van der Waals surface area (Å²) in [4.78, 5) is -0.0925. The van der Waals surface area contributed by atoms with Crippen LogP contribution in [0.1, 0.15) is 21.5 Å². The molecular formula is C15H13BrF2. The predicted octanol–water partition coefficient (Wildman–Crippen LogP) is 4.95. The fraction of sp³-hybridized carbons (Fsp3) is 0.200. The first kappa shape index (κ1) is 13.2. The molecule has 0 aromatic heterocycles. The van der Waals surface area contributed by atoms with Crippen LogP contribution in [0, 0.1) is 18.6 Å². The van der Waals surface area contributed by atoms with Crippen molar-refractivity contribution in [2.75, 3.05) is 0 Å². The molecule has 0 fully saturated rings. The van der Waals surface area contributed by atoms with Crippen molar-refractivity contribution in [1.82, 2.24) is 0 Å². The van der Waals surface area contributed by atoms with Crippen molar-refractivity contribution < 1.29 is 8.78 Å². The van der Waals surface area contributed by atoms with E-state index in [0.717, 1.165) is 11.1 Å². The second kappa shape index (κ2) is 5.61. The van der Waals surface area contributed by atoms with E-state index in [1.807, 2.05) is 31.2 Å². The van der Waals surface area contributed by atoms with Crippen molar-refractivity contribution >= 4 is 15.9 Å². The van der Waals surface area contributed by atoms with Crippen LogP contribution in [0.15, 0.2) is 42.5 Å². The second-order valence-corrected chi connectivity index (χ2v) is 5.33. The summed E-state index contributed by atoms with van der Waals surface area (Å²) in [7, 11) is 0. The summed E-state index contributed by atoms with van der Waals surface area (Å²) in [5.41, 5.74) is 2.29. The van der Waals surface area contributed by atoms with Gasteiger partial charge in [0.15, 0.2) is 0 Å². The van der Waals surface area contributed by atoms with Gasteiger partial charge in [-0.25, -0.2) is 8.78 Å². The van der Waals surface area contributed by atoms with Gasteiger partial charge < -0.3 is 0 Å². The van der Waals surface area contributed by atoms with Crippen LogP contribution in [0.5, 0.6) is 0 Å². The number of hydrogen-bond acceptors (Lipinski definition) is 0. The van der Waals surface area contributed by atoms with Gasteiger partial charge in [-0.15, -0.1) is 0 Å². The van der Waals surface area contributed by atoms with Gasteiger partial charge in [-0.05, 0) is 36.6 Å². The van der Waals surface area contributed by atoms with Crippen molar-refractivity contribution in [2.45, 2.75) is 18.2 Å². The van der Waals surface area contributed by atoms with Crippen LogP contribution in [-0.2, 0) is 6.42 Å². The van der Waals surface area contributed by atoms with E-state index < -0.39 is 11.6 Å². The molecule has 0 aliphatic carbocycles. The zero-order chi connectivity index (χ0) is 13.1. The first-order valence-electron chi connectivity index (χ1n) is 5.72. The van der Waals surface area contributed by atoms with Crippen LogP contribution in [0.25, 0.3) is 0 Å². The third-order valence-electron chi connectivity index (χ3n) is 2.97. The molecule has 0 heterocycles. The van der Waals surface area contributed by atoms with Crippen LogP contribution in [0.4, 0.5) is 8.78 Å². The van der Waals surface area contributed by atoms with Gasteiger partial charge in [0.1, 0.15) is 11.6 Å². The molecule has 0 aliphatic heterocycles. The molecule has 0 aliphatic rings. The molecule has 0 spiro atoms. The minimum absolute atomic E-state index is 0.0925. The van der Waals surface area contributed by atoms with Crippen LogP contribution in [-0.4, -0.2) is 0 Å². The van der Waals surface area contributed by atoms with Crippen molar-refractivity contribution in [3.05, 3.63) is 70.8 Å². The number of aryl methyl sites for hydroxylation is 1. The van der Waals surface area contributed by atoms with Crippen LogP contribution in [0.2, 0.25) is 0 Å². The van der Waals surface area contributed by atoms with Crippen LogP contribution >= 0.6 is 15.9 Å². The molecule has 18 heavy (non-hydrogen) atoms. The Labute approximate surface area is 114 Å². The molecular weight excluding hydrogens is 298 g/mol. The van der Waals surface area contributed by atoms with Gasteiger partial charge in [-0.1, -0.05) is 46.3 Å². The maximum Gasteiger partial charge on any atom is 0.129 e. The Balaban J connectivity index is 2.27. The van der Waals surface area contributed by atoms with E-state index in [4.69, 9.17) is 0 Å². The molecule has 2 aromatic rings. The van der Waals surface area contributed by atoms with Crippen molar-refractivity contribution in [3.63, 3.8) is 0 Å². The summed E-state index contributed by atoms with van der Waals surface area (Å²) in [6.07, 6.45) is 0.295. The van der Waals surface area contributed by atoms with E-state index >= 15 is 0 Å². The van der Waals surface area contributed by atoms with E-state index in [-0.39, 0.29) is 10.4 Å². The van der Waals surface area contributed by atoms with Crippen molar-refractivity contribution in [3.8, 4) is 0 Å². The molecule has 0 saturated carbocycles. The number of rotatable bonds is 3. The quantitative estimate of drug-likeness (QED) is 0.703. The summed E-state index contributed by atoms with van der Waals surface area (Å²) >= 11 is 3.51. The van der Waals surface area contributed by atoms with Gasteiger partial charge in [0, 0.05) is 10.4 Å². The Kier molecular flexibility index (Phi) is 4.12. The van der Waals surface area contributed by atoms with Gasteiger partial charge >= 0.3 is 0 Å². The smallest absolute Gasteiger partial charge is 0.129 e. The highest BCUT2D eigenvalue weighted by atomic mass is 79.9. The lowest BCUT2D eigenvalue weighted by molar-refractivity contribution is 0.554. The number of halogens is 3. The van der Waals surface area contributed by atoms with Crippen molar-refractivity contribution in [1.29, 1.82) is 0 Å². The molecule has 0 nitrogen and oxygen atoms in total. The Bertz CT molecular complexity index is 532. The lowest BCUT2D eigenvalue weighted by Gasteiger charge is -2.14. The molecule has 2 aromatic carbocycles. The Morgan fingerprint density at radius 3 is 2.22 bits per heavy atom. The average Bonchev–Trinajstić information content (AvgIpc) is 2.34. The van der Waals surface area contributed by atoms with E-state index in [0.29, 0.717) is 6.42 Å². The first-order chi connectivity index (χ1) is 8.59. The number of alkyl halides is 1. The zero-order valence-corrected chi connectivity index (χ0v) is 11.5. The number of benzene rings is 2. The summed E-state index contributed by atoms with van der Waals surface area (Å²) in [5.74, 6) is -0.985. The standard InChI is InChI=1S/C15H13BrF2/c1-10-5-2-3-6-11(10)13(16)9-12-14(17)7-4-8-15(12)18/h2-8,13H,9H2,1H3. The topological polar surface area (TPSA) is 0 Å². The van der Waals surface area contributed by atoms with Crippen LogP contribution < -0.4 is 0 Å². The minimum atomic E-state index is -0.493. The third-order valence-corrected chi connectivity index (χ3v) is 3.79. The lowest BCUT2D eigenvalue weighted by atomic mass is 10.00. The molecule has 1 unspecified atom stereocenters. The highest BCUT2D eigenvalue weighted by molar-refractivity contribution is 9.09. The number of hydrogen-bond donors (Lipinski definition) is 0. The largest absolute Gasteiger partial charge is 0.207 e. The SMILES string of the molecule is Cc1ccccc1C(Br)Cc1c(F)cccc1F. The molecule has 3 heteroatoms. The first-order valence-corrected chi connectivity index (χ1v) is 6.63. The zero-order valence-electron chi connectivity index (χ0n) is 9.96. The Morgan fingerprint density at radius 2 is 1.61 bits per heavy atom. The van der Waals surface area contributed by atoms with E-state index in [2.05, 4.69) is 15.9 Å².